The first-order valence-electron chi connectivity index (χ1n) is 3.11. The molecule has 0 saturated heterocycles. The van der Waals surface area contributed by atoms with Gasteiger partial charge in [0.05, 0.1) is 6.61 Å². The van der Waals surface area contributed by atoms with Gasteiger partial charge in [0, 0.05) is 6.42 Å². The molecule has 0 radical (unpaired) electrons. The Labute approximate surface area is 60.3 Å². The molecule has 58 valence electrons. The van der Waals surface area contributed by atoms with Gasteiger partial charge in [-0.15, -0.1) is 0 Å². The Balaban J connectivity index is 3.19. The molecular weight excluding hydrogens is 132 g/mol. The number of hydrogen-bond acceptors (Lipinski definition) is 3. The monoisotopic (exact) mass is 144 g/mol. The molecule has 0 rings (SSSR count). The first kappa shape index (κ1) is 9.33. The highest BCUT2D eigenvalue weighted by atomic mass is 16.6. The molecule has 1 unspecified atom stereocenters. The summed E-state index contributed by atoms with van der Waals surface area (Å²) in [6.45, 7) is 5.04. The number of ketones is 1. The van der Waals surface area contributed by atoms with Gasteiger partial charge >= 0.3 is 0 Å². The third-order valence-electron chi connectivity index (χ3n) is 0.935. The molecule has 0 aliphatic rings. The molecule has 1 atom stereocenters. The fraction of sp³-hybridized carbons (Fsp3) is 0.571. The van der Waals surface area contributed by atoms with Gasteiger partial charge in [0.2, 0.25) is 0 Å². The lowest BCUT2D eigenvalue weighted by atomic mass is 10.3. The van der Waals surface area contributed by atoms with Crippen LogP contribution < -0.4 is 0 Å². The van der Waals surface area contributed by atoms with E-state index in [1.807, 2.05) is 0 Å². The highest BCUT2D eigenvalue weighted by Crippen LogP contribution is 1.89. The van der Waals surface area contributed by atoms with Crippen LogP contribution in [0.4, 0.5) is 0 Å². The summed E-state index contributed by atoms with van der Waals surface area (Å²) in [7, 11) is 0. The molecule has 0 aliphatic carbocycles. The first-order valence-corrected chi connectivity index (χ1v) is 3.11. The lowest BCUT2D eigenvalue weighted by Gasteiger charge is -2.03. The van der Waals surface area contributed by atoms with Crippen molar-refractivity contribution in [3.8, 4) is 0 Å². The molecule has 0 aliphatic heterocycles. The van der Waals surface area contributed by atoms with Gasteiger partial charge in [-0.2, -0.15) is 0 Å². The summed E-state index contributed by atoms with van der Waals surface area (Å²) in [6.07, 6.45) is 0.734. The zero-order chi connectivity index (χ0) is 7.98. The standard InChI is InChI=1S/C7H12O3/c1-3-7(9)4-5-10-6(2)8/h3,6,8H,1,4-5H2,2H3. The van der Waals surface area contributed by atoms with E-state index < -0.39 is 6.29 Å². The van der Waals surface area contributed by atoms with Crippen LogP contribution in [0.2, 0.25) is 0 Å². The number of aliphatic hydroxyl groups is 1. The number of ether oxygens (including phenoxy) is 1. The van der Waals surface area contributed by atoms with Crippen LogP contribution in [0.1, 0.15) is 13.3 Å². The number of rotatable bonds is 5. The summed E-state index contributed by atoms with van der Waals surface area (Å²) < 4.78 is 4.70. The van der Waals surface area contributed by atoms with Crippen LogP contribution in [0.15, 0.2) is 12.7 Å². The Morgan fingerprint density at radius 2 is 2.50 bits per heavy atom. The molecule has 10 heavy (non-hydrogen) atoms. The Morgan fingerprint density at radius 1 is 1.90 bits per heavy atom. The SMILES string of the molecule is C=CC(=O)CCOC(C)O. The highest BCUT2D eigenvalue weighted by molar-refractivity contribution is 5.89. The van der Waals surface area contributed by atoms with Crippen LogP contribution in [-0.4, -0.2) is 23.8 Å². The fourth-order valence-electron chi connectivity index (χ4n) is 0.432. The van der Waals surface area contributed by atoms with Crippen molar-refractivity contribution in [2.45, 2.75) is 19.6 Å². The number of allylic oxidation sites excluding steroid dienone is 1. The minimum atomic E-state index is -0.794. The van der Waals surface area contributed by atoms with Gasteiger partial charge in [-0.25, -0.2) is 0 Å². The fourth-order valence-corrected chi connectivity index (χ4v) is 0.432. The van der Waals surface area contributed by atoms with E-state index in [-0.39, 0.29) is 18.8 Å². The summed E-state index contributed by atoms with van der Waals surface area (Å²) in [5.74, 6) is -0.0688. The van der Waals surface area contributed by atoms with Crippen molar-refractivity contribution in [2.75, 3.05) is 6.61 Å². The molecule has 0 amide bonds. The summed E-state index contributed by atoms with van der Waals surface area (Å²) in [5, 5.41) is 8.58. The number of hydrogen-bond donors (Lipinski definition) is 1. The molecule has 0 spiro atoms. The van der Waals surface area contributed by atoms with Gasteiger partial charge in [-0.3, -0.25) is 4.79 Å². The minimum Gasteiger partial charge on any atom is -0.368 e. The summed E-state index contributed by atoms with van der Waals surface area (Å²) >= 11 is 0. The van der Waals surface area contributed by atoms with Crippen LogP contribution in [0.3, 0.4) is 0 Å². The topological polar surface area (TPSA) is 46.5 Å². The van der Waals surface area contributed by atoms with E-state index in [1.165, 1.54) is 13.0 Å². The Morgan fingerprint density at radius 3 is 2.90 bits per heavy atom. The van der Waals surface area contributed by atoms with Gasteiger partial charge in [0.15, 0.2) is 12.1 Å². The van der Waals surface area contributed by atoms with Crippen molar-refractivity contribution in [1.82, 2.24) is 0 Å². The Bertz CT molecular complexity index is 118. The molecule has 0 heterocycles. The second-order valence-electron chi connectivity index (χ2n) is 1.89. The molecule has 0 aromatic heterocycles. The zero-order valence-electron chi connectivity index (χ0n) is 6.04. The maximum absolute atomic E-state index is 10.5. The lowest BCUT2D eigenvalue weighted by Crippen LogP contribution is -2.09. The summed E-state index contributed by atoms with van der Waals surface area (Å²) in [6, 6.07) is 0. The molecule has 0 aromatic rings. The van der Waals surface area contributed by atoms with Gasteiger partial charge < -0.3 is 9.84 Å². The summed E-state index contributed by atoms with van der Waals surface area (Å²) in [4.78, 5) is 10.5. The van der Waals surface area contributed by atoms with Crippen molar-refractivity contribution in [2.24, 2.45) is 0 Å². The molecule has 3 nitrogen and oxygen atoms in total. The largest absolute Gasteiger partial charge is 0.368 e. The normalized spacial score (nSPS) is 12.6. The Hall–Kier alpha value is -0.670. The maximum Gasteiger partial charge on any atom is 0.157 e. The van der Waals surface area contributed by atoms with E-state index >= 15 is 0 Å². The van der Waals surface area contributed by atoms with Crippen molar-refractivity contribution < 1.29 is 14.6 Å². The van der Waals surface area contributed by atoms with Crippen molar-refractivity contribution >= 4 is 5.78 Å². The molecular formula is C7H12O3. The minimum absolute atomic E-state index is 0.0688. The second-order valence-corrected chi connectivity index (χ2v) is 1.89. The van der Waals surface area contributed by atoms with Crippen LogP contribution in [-0.2, 0) is 9.53 Å². The molecule has 0 saturated carbocycles. The zero-order valence-corrected chi connectivity index (χ0v) is 6.04. The second kappa shape index (κ2) is 5.14. The Kier molecular flexibility index (Phi) is 4.80. The average molecular weight is 144 g/mol. The quantitative estimate of drug-likeness (QED) is 0.451. The maximum atomic E-state index is 10.5. The van der Waals surface area contributed by atoms with Crippen molar-refractivity contribution in [3.05, 3.63) is 12.7 Å². The van der Waals surface area contributed by atoms with E-state index in [2.05, 4.69) is 6.58 Å². The van der Waals surface area contributed by atoms with E-state index in [4.69, 9.17) is 9.84 Å². The predicted octanol–water partition coefficient (Wildman–Crippen LogP) is 0.486. The smallest absolute Gasteiger partial charge is 0.157 e. The number of carbonyl (C=O) groups excluding carboxylic acids is 1. The van der Waals surface area contributed by atoms with Crippen molar-refractivity contribution in [3.63, 3.8) is 0 Å². The van der Waals surface area contributed by atoms with Gasteiger partial charge in [0.1, 0.15) is 0 Å². The first-order chi connectivity index (χ1) is 4.66. The molecule has 0 aromatic carbocycles. The third kappa shape index (κ3) is 5.47. The average Bonchev–Trinajstić information content (AvgIpc) is 1.87. The number of aliphatic hydroxyl groups excluding tert-OH is 1. The summed E-state index contributed by atoms with van der Waals surface area (Å²) in [5.41, 5.74) is 0. The van der Waals surface area contributed by atoms with Gasteiger partial charge in [-0.1, -0.05) is 6.58 Å². The van der Waals surface area contributed by atoms with Crippen LogP contribution in [0, 0.1) is 0 Å². The van der Waals surface area contributed by atoms with E-state index in [9.17, 15) is 4.79 Å². The molecule has 0 bridgehead atoms. The van der Waals surface area contributed by atoms with Crippen molar-refractivity contribution in [1.29, 1.82) is 0 Å². The van der Waals surface area contributed by atoms with Gasteiger partial charge in [0.25, 0.3) is 0 Å². The predicted molar refractivity (Wildman–Crippen MR) is 37.5 cm³/mol. The van der Waals surface area contributed by atoms with E-state index in [0.717, 1.165) is 0 Å². The lowest BCUT2D eigenvalue weighted by molar-refractivity contribution is -0.120. The number of carbonyl (C=O) groups is 1. The van der Waals surface area contributed by atoms with E-state index in [1.54, 1.807) is 0 Å². The van der Waals surface area contributed by atoms with Crippen LogP contribution >= 0.6 is 0 Å². The van der Waals surface area contributed by atoms with Crippen LogP contribution in [0.5, 0.6) is 0 Å². The van der Waals surface area contributed by atoms with E-state index in [0.29, 0.717) is 0 Å². The molecule has 1 N–H and O–H groups in total. The molecule has 3 heteroatoms. The molecule has 0 fully saturated rings. The van der Waals surface area contributed by atoms with Gasteiger partial charge in [-0.05, 0) is 13.0 Å². The van der Waals surface area contributed by atoms with Crippen LogP contribution in [0.25, 0.3) is 0 Å². The third-order valence-corrected chi connectivity index (χ3v) is 0.935. The highest BCUT2D eigenvalue weighted by Gasteiger charge is 1.97.